The molecule has 0 fully saturated rings. The second kappa shape index (κ2) is 4.61. The third kappa shape index (κ3) is 2.47. The van der Waals surface area contributed by atoms with Crippen LogP contribution in [0.3, 0.4) is 0 Å². The molecule has 0 spiro atoms. The summed E-state index contributed by atoms with van der Waals surface area (Å²) in [6.07, 6.45) is -0.192. The number of rotatable bonds is 3. The van der Waals surface area contributed by atoms with Gasteiger partial charge in [0.15, 0.2) is 0 Å². The third-order valence-corrected chi connectivity index (χ3v) is 2.59. The van der Waals surface area contributed by atoms with Gasteiger partial charge in [-0.15, -0.1) is 0 Å². The maximum absolute atomic E-state index is 13.4. The number of hydrogen-bond donors (Lipinski definition) is 1. The lowest BCUT2D eigenvalue weighted by atomic mass is 10.1. The van der Waals surface area contributed by atoms with Crippen LogP contribution in [0.1, 0.15) is 11.1 Å². The second-order valence-corrected chi connectivity index (χ2v) is 3.91. The molecule has 0 saturated heterocycles. The average molecular weight is 277 g/mol. The summed E-state index contributed by atoms with van der Waals surface area (Å²) < 4.78 is 18.7. The van der Waals surface area contributed by atoms with Gasteiger partial charge < -0.3 is 9.84 Å². The Kier molecular flexibility index (Phi) is 3.68. The average Bonchev–Trinajstić information content (AvgIpc) is 2.14. The van der Waals surface area contributed by atoms with Crippen molar-refractivity contribution in [3.05, 3.63) is 27.5 Å². The van der Waals surface area contributed by atoms with Crippen LogP contribution in [0.5, 0.6) is 5.75 Å². The fourth-order valence-electron chi connectivity index (χ4n) is 1.38. The number of benzene rings is 1. The molecule has 0 aliphatic rings. The molecule has 0 aromatic heterocycles. The van der Waals surface area contributed by atoms with E-state index in [9.17, 15) is 9.18 Å². The summed E-state index contributed by atoms with van der Waals surface area (Å²) in [4.78, 5) is 10.6. The highest BCUT2D eigenvalue weighted by Gasteiger charge is 2.16. The molecule has 0 atom stereocenters. The summed E-state index contributed by atoms with van der Waals surface area (Å²) in [5.74, 6) is -1.12. The fourth-order valence-corrected chi connectivity index (χ4v) is 1.95. The minimum atomic E-state index is -0.980. The second-order valence-electron chi connectivity index (χ2n) is 3.06. The zero-order valence-electron chi connectivity index (χ0n) is 8.30. The highest BCUT2D eigenvalue weighted by molar-refractivity contribution is 9.10. The summed E-state index contributed by atoms with van der Waals surface area (Å²) >= 11 is 3.03. The first kappa shape index (κ1) is 12.0. The Hall–Kier alpha value is -1.10. The van der Waals surface area contributed by atoms with E-state index in [1.807, 2.05) is 0 Å². The zero-order chi connectivity index (χ0) is 11.6. The molecule has 5 heteroatoms. The first-order valence-electron chi connectivity index (χ1n) is 4.20. The highest BCUT2D eigenvalue weighted by atomic mass is 79.9. The van der Waals surface area contributed by atoms with Crippen molar-refractivity contribution in [3.63, 3.8) is 0 Å². The lowest BCUT2D eigenvalue weighted by Crippen LogP contribution is -2.05. The van der Waals surface area contributed by atoms with Crippen molar-refractivity contribution in [3.8, 4) is 5.75 Å². The van der Waals surface area contributed by atoms with Crippen molar-refractivity contribution in [2.24, 2.45) is 0 Å². The Morgan fingerprint density at radius 1 is 1.67 bits per heavy atom. The van der Waals surface area contributed by atoms with E-state index >= 15 is 0 Å². The molecule has 0 saturated carbocycles. The van der Waals surface area contributed by atoms with Crippen molar-refractivity contribution in [1.82, 2.24) is 0 Å². The normalized spacial score (nSPS) is 10.1. The first-order chi connectivity index (χ1) is 6.97. The van der Waals surface area contributed by atoms with Gasteiger partial charge in [-0.3, -0.25) is 4.79 Å². The van der Waals surface area contributed by atoms with Gasteiger partial charge in [0.25, 0.3) is 0 Å². The number of ether oxygens (including phenoxy) is 1. The fraction of sp³-hybridized carbons (Fsp3) is 0.300. The Labute approximate surface area is 95.0 Å². The summed E-state index contributed by atoms with van der Waals surface area (Å²) in [7, 11) is 1.39. The number of hydrogen-bond acceptors (Lipinski definition) is 2. The number of aliphatic carboxylic acids is 1. The van der Waals surface area contributed by atoms with E-state index in [2.05, 4.69) is 15.9 Å². The zero-order valence-corrected chi connectivity index (χ0v) is 9.89. The summed E-state index contributed by atoms with van der Waals surface area (Å²) in [5, 5.41) is 8.67. The maximum atomic E-state index is 13.4. The smallest absolute Gasteiger partial charge is 0.307 e. The van der Waals surface area contributed by atoms with Crippen LogP contribution in [0.25, 0.3) is 0 Å². The standard InChI is InChI=1S/C10H10BrFO3/c1-5-9(12)7(11)3-6(4-8(13)14)10(5)15-2/h3H,4H2,1-2H3,(H,13,14). The summed E-state index contributed by atoms with van der Waals surface area (Å²) in [6.45, 7) is 1.55. The molecule has 3 nitrogen and oxygen atoms in total. The van der Waals surface area contributed by atoms with Gasteiger partial charge in [0.1, 0.15) is 11.6 Å². The molecule has 0 aliphatic carbocycles. The summed E-state index contributed by atoms with van der Waals surface area (Å²) in [6, 6.07) is 1.43. The molecule has 1 aromatic carbocycles. The highest BCUT2D eigenvalue weighted by Crippen LogP contribution is 2.31. The lowest BCUT2D eigenvalue weighted by Gasteiger charge is -2.11. The SMILES string of the molecule is COc1c(CC(=O)O)cc(Br)c(F)c1C. The van der Waals surface area contributed by atoms with Crippen molar-refractivity contribution in [2.75, 3.05) is 7.11 Å². The Bertz CT molecular complexity index is 404. The van der Waals surface area contributed by atoms with Crippen LogP contribution >= 0.6 is 15.9 Å². The maximum Gasteiger partial charge on any atom is 0.307 e. The van der Waals surface area contributed by atoms with Crippen LogP contribution in [-0.2, 0) is 11.2 Å². The molecule has 0 bridgehead atoms. The number of carboxylic acid groups (broad SMARTS) is 1. The van der Waals surface area contributed by atoms with E-state index in [0.717, 1.165) is 0 Å². The minimum Gasteiger partial charge on any atom is -0.496 e. The molecular formula is C10H10BrFO3. The Balaban J connectivity index is 3.31. The predicted octanol–water partition coefficient (Wildman–Crippen LogP) is 2.53. The molecule has 1 aromatic rings. The van der Waals surface area contributed by atoms with Crippen molar-refractivity contribution in [2.45, 2.75) is 13.3 Å². The van der Waals surface area contributed by atoms with Crippen LogP contribution < -0.4 is 4.74 Å². The van der Waals surface area contributed by atoms with Crippen LogP contribution in [0.2, 0.25) is 0 Å². The van der Waals surface area contributed by atoms with Crippen molar-refractivity contribution >= 4 is 21.9 Å². The molecule has 0 radical (unpaired) electrons. The van der Waals surface area contributed by atoms with Crippen LogP contribution in [0, 0.1) is 12.7 Å². The van der Waals surface area contributed by atoms with Gasteiger partial charge in [-0.25, -0.2) is 4.39 Å². The van der Waals surface area contributed by atoms with Crippen molar-refractivity contribution < 1.29 is 19.0 Å². The number of methoxy groups -OCH3 is 1. The van der Waals surface area contributed by atoms with E-state index in [1.54, 1.807) is 6.92 Å². The van der Waals surface area contributed by atoms with Gasteiger partial charge in [-0.2, -0.15) is 0 Å². The Morgan fingerprint density at radius 3 is 2.73 bits per heavy atom. The third-order valence-electron chi connectivity index (χ3n) is 2.02. The van der Waals surface area contributed by atoms with Gasteiger partial charge in [-0.1, -0.05) is 0 Å². The molecule has 0 amide bonds. The van der Waals surface area contributed by atoms with Crippen molar-refractivity contribution in [1.29, 1.82) is 0 Å². The van der Waals surface area contributed by atoms with E-state index in [4.69, 9.17) is 9.84 Å². The molecular weight excluding hydrogens is 267 g/mol. The van der Waals surface area contributed by atoms with Gasteiger partial charge in [0.05, 0.1) is 18.0 Å². The molecule has 0 heterocycles. The lowest BCUT2D eigenvalue weighted by molar-refractivity contribution is -0.136. The largest absolute Gasteiger partial charge is 0.496 e. The number of carbonyl (C=O) groups is 1. The number of halogens is 2. The molecule has 0 aliphatic heterocycles. The van der Waals surface area contributed by atoms with Gasteiger partial charge in [-0.05, 0) is 28.9 Å². The Morgan fingerprint density at radius 2 is 2.27 bits per heavy atom. The van der Waals surface area contributed by atoms with E-state index in [0.29, 0.717) is 11.1 Å². The molecule has 1 N–H and O–H groups in total. The topological polar surface area (TPSA) is 46.5 Å². The quantitative estimate of drug-likeness (QED) is 0.923. The molecule has 15 heavy (non-hydrogen) atoms. The van der Waals surface area contributed by atoms with E-state index < -0.39 is 11.8 Å². The van der Waals surface area contributed by atoms with Crippen LogP contribution in [0.15, 0.2) is 10.5 Å². The van der Waals surface area contributed by atoms with Crippen LogP contribution in [0.4, 0.5) is 4.39 Å². The van der Waals surface area contributed by atoms with E-state index in [-0.39, 0.29) is 16.6 Å². The van der Waals surface area contributed by atoms with Gasteiger partial charge in [0.2, 0.25) is 0 Å². The van der Waals surface area contributed by atoms with Gasteiger partial charge in [0, 0.05) is 11.1 Å². The van der Waals surface area contributed by atoms with Crippen LogP contribution in [-0.4, -0.2) is 18.2 Å². The predicted molar refractivity (Wildman–Crippen MR) is 56.7 cm³/mol. The molecule has 0 unspecified atom stereocenters. The summed E-state index contributed by atoms with van der Waals surface area (Å²) in [5.41, 5.74) is 0.763. The first-order valence-corrected chi connectivity index (χ1v) is 5.00. The molecule has 1 rings (SSSR count). The minimum absolute atomic E-state index is 0.192. The van der Waals surface area contributed by atoms with Gasteiger partial charge >= 0.3 is 5.97 Å². The number of carboxylic acids is 1. The van der Waals surface area contributed by atoms with E-state index in [1.165, 1.54) is 13.2 Å². The monoisotopic (exact) mass is 276 g/mol. The molecule has 82 valence electrons.